The van der Waals surface area contributed by atoms with E-state index >= 15 is 0 Å². The van der Waals surface area contributed by atoms with E-state index < -0.39 is 6.09 Å². The first kappa shape index (κ1) is 47.6. The SMILES string of the molecule is CCOc1ccc(Cc2cc3cc(NC(=O)OC)cnc3n2CC2CCOCC2)cc1.CCOc1ccc(Cc2cc3cc(NC)cnc3n2CC2CCOCC2)cc1.[AlH3].[H-].[Li+]. The second-order valence-electron chi connectivity index (χ2n) is 15.3. The summed E-state index contributed by atoms with van der Waals surface area (Å²) in [6.07, 6.45) is 9.15. The number of pyridine rings is 2. The quantitative estimate of drug-likeness (QED) is 0.145. The predicted molar refractivity (Wildman–Crippen MR) is 244 cm³/mol. The summed E-state index contributed by atoms with van der Waals surface area (Å²) in [4.78, 5) is 21.0. The topological polar surface area (TPSA) is 123 Å². The van der Waals surface area contributed by atoms with E-state index in [0.717, 1.165) is 112 Å². The average Bonchev–Trinajstić information content (AvgIpc) is 3.78. The van der Waals surface area contributed by atoms with Gasteiger partial charge in [-0.1, -0.05) is 24.3 Å². The molecule has 12 nitrogen and oxygen atoms in total. The molecular weight excluding hydrogens is 778 g/mol. The van der Waals surface area contributed by atoms with Crippen molar-refractivity contribution >= 4 is 56.9 Å². The second-order valence-corrected chi connectivity index (χ2v) is 15.3. The van der Waals surface area contributed by atoms with Crippen LogP contribution in [0.3, 0.4) is 0 Å². The standard InChI is InChI=1S/C24H29N3O4.C23H29N3O2.Al.Li.4H/c1-3-31-22-6-4-17(5-7-22)12-21-14-19-13-20(26-24(28)29-2)15-25-23(19)27(21)16-18-8-10-30-11-9-18;1-3-28-22-6-4-17(5-7-22)12-21-14-19-13-20(24-2)15-25-23(19)26(21)16-18-8-10-27-11-9-18;;;;;;/h4-7,13-15,18H,3,8-12,16H2,1-2H3,(H,26,28);4-7,13-15,18,24H,3,8-12,16H2,1-2H3;;;;;;/q;;;+1;;;;-1. The van der Waals surface area contributed by atoms with E-state index in [1.807, 2.05) is 45.3 Å². The van der Waals surface area contributed by atoms with Crippen molar-refractivity contribution < 1.29 is 48.8 Å². The maximum Gasteiger partial charge on any atom is 1.00 e. The number of anilines is 2. The third-order valence-corrected chi connectivity index (χ3v) is 11.2. The van der Waals surface area contributed by atoms with Crippen molar-refractivity contribution in [3.05, 3.63) is 108 Å². The van der Waals surface area contributed by atoms with Gasteiger partial charge in [-0.05, 0) is 111 Å². The van der Waals surface area contributed by atoms with Gasteiger partial charge in [0.25, 0.3) is 0 Å². The molecule has 0 saturated carbocycles. The Balaban J connectivity index is 0.000000261. The number of rotatable bonds is 14. The van der Waals surface area contributed by atoms with Gasteiger partial charge in [-0.25, -0.2) is 14.8 Å². The molecule has 0 radical (unpaired) electrons. The molecule has 61 heavy (non-hydrogen) atoms. The number of nitrogens with one attached hydrogen (secondary N) is 2. The van der Waals surface area contributed by atoms with E-state index in [2.05, 4.69) is 79.3 Å². The minimum absolute atomic E-state index is 0. The van der Waals surface area contributed by atoms with E-state index in [9.17, 15) is 4.79 Å². The van der Waals surface area contributed by atoms with Crippen LogP contribution in [0, 0.1) is 11.8 Å². The maximum absolute atomic E-state index is 11.6. The van der Waals surface area contributed by atoms with Crippen LogP contribution in [0.25, 0.3) is 22.1 Å². The number of amides is 1. The maximum atomic E-state index is 11.6. The number of carbonyl (C=O) groups excluding carboxylic acids is 1. The number of hydrogen-bond acceptors (Lipinski definition) is 9. The molecule has 2 fully saturated rings. The predicted octanol–water partition coefficient (Wildman–Crippen LogP) is 5.06. The van der Waals surface area contributed by atoms with Crippen LogP contribution >= 0.6 is 0 Å². The Morgan fingerprint density at radius 2 is 1.13 bits per heavy atom. The summed E-state index contributed by atoms with van der Waals surface area (Å²) in [7, 11) is 3.28. The molecule has 2 aliphatic rings. The number of benzene rings is 2. The monoisotopic (exact) mass is 840 g/mol. The fraction of sp³-hybridized carbons (Fsp3) is 0.426. The van der Waals surface area contributed by atoms with E-state index in [-0.39, 0.29) is 37.6 Å². The van der Waals surface area contributed by atoms with Gasteiger partial charge in [0.2, 0.25) is 0 Å². The van der Waals surface area contributed by atoms with Gasteiger partial charge in [0, 0.05) is 81.6 Å². The third-order valence-electron chi connectivity index (χ3n) is 11.2. The van der Waals surface area contributed by atoms with Crippen molar-refractivity contribution in [2.45, 2.75) is 65.5 Å². The number of nitrogens with zero attached hydrogens (tertiary/aromatic N) is 4. The third kappa shape index (κ3) is 12.8. The van der Waals surface area contributed by atoms with Crippen molar-refractivity contribution in [2.24, 2.45) is 11.8 Å². The Morgan fingerprint density at radius 1 is 0.705 bits per heavy atom. The molecule has 0 spiro atoms. The number of ether oxygens (including phenoxy) is 5. The average molecular weight is 841 g/mol. The summed E-state index contributed by atoms with van der Waals surface area (Å²) < 4.78 is 31.7. The largest absolute Gasteiger partial charge is 1.00 e. The van der Waals surface area contributed by atoms with Crippen LogP contribution in [0.1, 0.15) is 63.5 Å². The fourth-order valence-corrected chi connectivity index (χ4v) is 8.01. The zero-order chi connectivity index (χ0) is 41.0. The van der Waals surface area contributed by atoms with Crippen molar-refractivity contribution in [3.8, 4) is 11.5 Å². The molecule has 320 valence electrons. The van der Waals surface area contributed by atoms with E-state index in [1.54, 1.807) is 6.20 Å². The van der Waals surface area contributed by atoms with E-state index in [4.69, 9.17) is 28.7 Å². The molecule has 4 aromatic heterocycles. The van der Waals surface area contributed by atoms with E-state index in [0.29, 0.717) is 30.7 Å². The molecule has 0 bridgehead atoms. The number of fused-ring (bicyclic) bond motifs is 2. The number of carbonyl (C=O) groups is 1. The Hall–Kier alpha value is -4.46. The van der Waals surface area contributed by atoms with Crippen molar-refractivity contribution in [1.29, 1.82) is 0 Å². The first-order chi connectivity index (χ1) is 28.9. The molecular formula is C47H62AlLiN6O6. The molecule has 14 heteroatoms. The van der Waals surface area contributed by atoms with E-state index in [1.165, 1.54) is 35.0 Å². The molecule has 2 N–H and O–H groups in total. The summed E-state index contributed by atoms with van der Waals surface area (Å²) in [5.41, 5.74) is 8.69. The summed E-state index contributed by atoms with van der Waals surface area (Å²) in [5, 5.41) is 8.09. The van der Waals surface area contributed by atoms with Crippen LogP contribution in [-0.4, -0.2) is 96.4 Å². The number of hydrogen-bond donors (Lipinski definition) is 2. The van der Waals surface area contributed by atoms with Gasteiger partial charge in [-0.15, -0.1) is 0 Å². The van der Waals surface area contributed by atoms with Gasteiger partial charge in [-0.2, -0.15) is 0 Å². The Labute approximate surface area is 383 Å². The van der Waals surface area contributed by atoms with Crippen LogP contribution in [0.2, 0.25) is 0 Å². The molecule has 2 aromatic carbocycles. The number of aromatic nitrogens is 4. The molecule has 2 aliphatic heterocycles. The first-order valence-corrected chi connectivity index (χ1v) is 21.0. The van der Waals surface area contributed by atoms with Gasteiger partial charge >= 0.3 is 25.0 Å². The molecule has 0 aliphatic carbocycles. The van der Waals surface area contributed by atoms with Crippen LogP contribution in [0.5, 0.6) is 11.5 Å². The van der Waals surface area contributed by atoms with Crippen LogP contribution in [0.15, 0.2) is 85.2 Å². The fourth-order valence-electron chi connectivity index (χ4n) is 8.01. The first-order valence-electron chi connectivity index (χ1n) is 21.0. The van der Waals surface area contributed by atoms with Gasteiger partial charge in [0.1, 0.15) is 22.8 Å². The molecule has 0 unspecified atom stereocenters. The number of methoxy groups -OCH3 is 1. The zero-order valence-electron chi connectivity index (χ0n) is 36.9. The van der Waals surface area contributed by atoms with Gasteiger partial charge < -0.3 is 39.6 Å². The van der Waals surface area contributed by atoms with Crippen molar-refractivity contribution in [3.63, 3.8) is 0 Å². The van der Waals surface area contributed by atoms with Crippen LogP contribution in [0.4, 0.5) is 16.2 Å². The molecule has 0 atom stereocenters. The summed E-state index contributed by atoms with van der Waals surface area (Å²) in [5.74, 6) is 3.02. The van der Waals surface area contributed by atoms with Crippen LogP contribution in [-0.2, 0) is 40.1 Å². The van der Waals surface area contributed by atoms with Crippen molar-refractivity contribution in [1.82, 2.24) is 19.1 Å². The van der Waals surface area contributed by atoms with Crippen molar-refractivity contribution in [2.75, 3.05) is 64.4 Å². The van der Waals surface area contributed by atoms with Gasteiger partial charge in [-0.3, -0.25) is 5.32 Å². The summed E-state index contributed by atoms with van der Waals surface area (Å²) in [6, 6.07) is 25.3. The molecule has 6 heterocycles. The Bertz CT molecular complexity index is 2280. The minimum atomic E-state index is -0.502. The normalized spacial score (nSPS) is 14.3. The Kier molecular flexibility index (Phi) is 18.5. The molecule has 6 aromatic rings. The van der Waals surface area contributed by atoms with Gasteiger partial charge in [0.05, 0.1) is 44.1 Å². The molecule has 1 amide bonds. The summed E-state index contributed by atoms with van der Waals surface area (Å²) in [6.45, 7) is 10.6. The molecule has 2 saturated heterocycles. The van der Waals surface area contributed by atoms with Gasteiger partial charge in [0.15, 0.2) is 17.4 Å². The summed E-state index contributed by atoms with van der Waals surface area (Å²) >= 11 is 0. The molecule has 8 rings (SSSR count). The minimum Gasteiger partial charge on any atom is -1.00 e. The zero-order valence-corrected chi connectivity index (χ0v) is 35.9. The Morgan fingerprint density at radius 3 is 1.54 bits per heavy atom. The smallest absolute Gasteiger partial charge is 1.00 e. The van der Waals surface area contributed by atoms with Crippen LogP contribution < -0.4 is 39.0 Å². The second kappa shape index (κ2) is 23.7.